The lowest BCUT2D eigenvalue weighted by Crippen LogP contribution is -2.43. The molecule has 0 saturated heterocycles. The molecule has 18 heavy (non-hydrogen) atoms. The summed E-state index contributed by atoms with van der Waals surface area (Å²) in [5, 5.41) is 14.3. The second kappa shape index (κ2) is 4.89. The molecule has 0 aliphatic rings. The molecule has 1 unspecified atom stereocenters. The third-order valence-corrected chi connectivity index (χ3v) is 3.77. The summed E-state index contributed by atoms with van der Waals surface area (Å²) in [6.45, 7) is 3.64. The average Bonchev–Trinajstić information content (AvgIpc) is 2.78. The SMILES string of the molecule is CCCC(C)(Nc1ncnc2ccsc12)C(=O)O. The molecule has 0 bridgehead atoms. The molecular formula is C12H15N3O2S. The number of aliphatic carboxylic acids is 1. The molecule has 0 aliphatic heterocycles. The maximum Gasteiger partial charge on any atom is 0.329 e. The molecule has 2 heterocycles. The van der Waals surface area contributed by atoms with E-state index >= 15 is 0 Å². The molecular weight excluding hydrogens is 250 g/mol. The van der Waals surface area contributed by atoms with Crippen molar-refractivity contribution in [3.05, 3.63) is 17.8 Å². The van der Waals surface area contributed by atoms with Crippen LogP contribution in [0.1, 0.15) is 26.7 Å². The first-order chi connectivity index (χ1) is 8.57. The minimum Gasteiger partial charge on any atom is -0.480 e. The number of hydrogen-bond donors (Lipinski definition) is 2. The van der Waals surface area contributed by atoms with Gasteiger partial charge in [0.2, 0.25) is 0 Å². The van der Waals surface area contributed by atoms with Gasteiger partial charge in [-0.25, -0.2) is 14.8 Å². The van der Waals surface area contributed by atoms with Crippen LogP contribution in [-0.2, 0) is 4.79 Å². The van der Waals surface area contributed by atoms with Gasteiger partial charge >= 0.3 is 5.97 Å². The van der Waals surface area contributed by atoms with E-state index < -0.39 is 11.5 Å². The Balaban J connectivity index is 2.37. The highest BCUT2D eigenvalue weighted by atomic mass is 32.1. The van der Waals surface area contributed by atoms with Gasteiger partial charge in [0, 0.05) is 0 Å². The van der Waals surface area contributed by atoms with Crippen LogP contribution in [0.4, 0.5) is 5.82 Å². The van der Waals surface area contributed by atoms with Crippen LogP contribution in [0.2, 0.25) is 0 Å². The molecule has 0 fully saturated rings. The lowest BCUT2D eigenvalue weighted by molar-refractivity contribution is -0.142. The van der Waals surface area contributed by atoms with Crippen molar-refractivity contribution >= 4 is 33.3 Å². The number of nitrogens with zero attached hydrogens (tertiary/aromatic N) is 2. The van der Waals surface area contributed by atoms with Gasteiger partial charge < -0.3 is 10.4 Å². The van der Waals surface area contributed by atoms with E-state index in [2.05, 4.69) is 15.3 Å². The Hall–Kier alpha value is -1.69. The topological polar surface area (TPSA) is 75.1 Å². The van der Waals surface area contributed by atoms with E-state index in [-0.39, 0.29) is 0 Å². The van der Waals surface area contributed by atoms with E-state index in [9.17, 15) is 9.90 Å². The molecule has 6 heteroatoms. The zero-order valence-electron chi connectivity index (χ0n) is 10.3. The molecule has 0 saturated carbocycles. The second-order valence-electron chi connectivity index (χ2n) is 4.37. The van der Waals surface area contributed by atoms with E-state index in [0.29, 0.717) is 12.2 Å². The monoisotopic (exact) mass is 265 g/mol. The van der Waals surface area contributed by atoms with Gasteiger partial charge in [-0.2, -0.15) is 0 Å². The van der Waals surface area contributed by atoms with Gasteiger partial charge in [-0.1, -0.05) is 13.3 Å². The van der Waals surface area contributed by atoms with Gasteiger partial charge in [0.25, 0.3) is 0 Å². The van der Waals surface area contributed by atoms with E-state index in [1.54, 1.807) is 6.92 Å². The number of carboxylic acid groups (broad SMARTS) is 1. The van der Waals surface area contributed by atoms with E-state index in [0.717, 1.165) is 16.6 Å². The quantitative estimate of drug-likeness (QED) is 0.869. The number of carbonyl (C=O) groups is 1. The summed E-state index contributed by atoms with van der Waals surface area (Å²) in [7, 11) is 0. The van der Waals surface area contributed by atoms with E-state index in [4.69, 9.17) is 0 Å². The normalized spacial score (nSPS) is 14.3. The number of aromatic nitrogens is 2. The van der Waals surface area contributed by atoms with Gasteiger partial charge in [-0.15, -0.1) is 11.3 Å². The van der Waals surface area contributed by atoms with E-state index in [1.807, 2.05) is 18.4 Å². The fraction of sp³-hybridized carbons (Fsp3) is 0.417. The highest BCUT2D eigenvalue weighted by Gasteiger charge is 2.32. The molecule has 2 aromatic rings. The predicted molar refractivity (Wildman–Crippen MR) is 72.0 cm³/mol. The number of hydrogen-bond acceptors (Lipinski definition) is 5. The largest absolute Gasteiger partial charge is 0.480 e. The van der Waals surface area contributed by atoms with Gasteiger partial charge in [0.05, 0.1) is 10.2 Å². The van der Waals surface area contributed by atoms with Crippen molar-refractivity contribution < 1.29 is 9.90 Å². The highest BCUT2D eigenvalue weighted by molar-refractivity contribution is 7.17. The standard InChI is InChI=1S/C12H15N3O2S/c1-3-5-12(2,11(16)17)15-10-9-8(4-6-18-9)13-7-14-10/h4,6-7H,3,5H2,1-2H3,(H,16,17)(H,13,14,15). The Morgan fingerprint density at radius 2 is 2.33 bits per heavy atom. The van der Waals surface area contributed by atoms with Crippen molar-refractivity contribution in [2.24, 2.45) is 0 Å². The summed E-state index contributed by atoms with van der Waals surface area (Å²) in [6.07, 6.45) is 2.78. The zero-order valence-corrected chi connectivity index (χ0v) is 11.1. The third-order valence-electron chi connectivity index (χ3n) is 2.86. The number of thiophene rings is 1. The smallest absolute Gasteiger partial charge is 0.329 e. The molecule has 2 rings (SSSR count). The van der Waals surface area contributed by atoms with Crippen molar-refractivity contribution in [2.45, 2.75) is 32.2 Å². The maximum atomic E-state index is 11.4. The lowest BCUT2D eigenvalue weighted by Gasteiger charge is -2.26. The lowest BCUT2D eigenvalue weighted by atomic mass is 9.96. The number of rotatable bonds is 5. The first-order valence-electron chi connectivity index (χ1n) is 5.76. The molecule has 5 nitrogen and oxygen atoms in total. The molecule has 0 aliphatic carbocycles. The van der Waals surface area contributed by atoms with Crippen LogP contribution in [0, 0.1) is 0 Å². The molecule has 0 spiro atoms. The molecule has 0 aromatic carbocycles. The minimum atomic E-state index is -1.000. The molecule has 96 valence electrons. The summed E-state index contributed by atoms with van der Waals surface area (Å²) >= 11 is 1.50. The fourth-order valence-corrected chi connectivity index (χ4v) is 2.65. The Kier molecular flexibility index (Phi) is 3.47. The second-order valence-corrected chi connectivity index (χ2v) is 5.29. The average molecular weight is 265 g/mol. The minimum absolute atomic E-state index is 0.541. The summed E-state index contributed by atoms with van der Waals surface area (Å²) in [6, 6.07) is 1.89. The Labute approximate surface area is 109 Å². The van der Waals surface area contributed by atoms with Crippen LogP contribution in [0.3, 0.4) is 0 Å². The van der Waals surface area contributed by atoms with Gasteiger partial charge in [0.15, 0.2) is 0 Å². The van der Waals surface area contributed by atoms with Crippen LogP contribution in [-0.4, -0.2) is 26.6 Å². The van der Waals surface area contributed by atoms with Crippen molar-refractivity contribution in [1.82, 2.24) is 9.97 Å². The summed E-state index contributed by atoms with van der Waals surface area (Å²) in [5.41, 5.74) is -0.165. The molecule has 1 atom stereocenters. The number of anilines is 1. The van der Waals surface area contributed by atoms with Crippen LogP contribution in [0.15, 0.2) is 17.8 Å². The van der Waals surface area contributed by atoms with Crippen LogP contribution in [0.25, 0.3) is 10.2 Å². The van der Waals surface area contributed by atoms with Crippen molar-refractivity contribution in [3.8, 4) is 0 Å². The maximum absolute atomic E-state index is 11.4. The Bertz CT molecular complexity index is 569. The first kappa shape index (κ1) is 12.8. The molecule has 0 radical (unpaired) electrons. The van der Waals surface area contributed by atoms with Crippen molar-refractivity contribution in [3.63, 3.8) is 0 Å². The van der Waals surface area contributed by atoms with E-state index in [1.165, 1.54) is 17.7 Å². The number of carboxylic acids is 1. The van der Waals surface area contributed by atoms with Crippen molar-refractivity contribution in [2.75, 3.05) is 5.32 Å². The van der Waals surface area contributed by atoms with Crippen LogP contribution >= 0.6 is 11.3 Å². The third kappa shape index (κ3) is 2.28. The van der Waals surface area contributed by atoms with Crippen LogP contribution < -0.4 is 5.32 Å². The zero-order chi connectivity index (χ0) is 13.2. The van der Waals surface area contributed by atoms with Gasteiger partial charge in [-0.3, -0.25) is 0 Å². The summed E-state index contributed by atoms with van der Waals surface area (Å²) in [5.74, 6) is -0.277. The van der Waals surface area contributed by atoms with Crippen LogP contribution in [0.5, 0.6) is 0 Å². The summed E-state index contributed by atoms with van der Waals surface area (Å²) < 4.78 is 0.890. The first-order valence-corrected chi connectivity index (χ1v) is 6.64. The van der Waals surface area contributed by atoms with Gasteiger partial charge in [0.1, 0.15) is 17.7 Å². The number of fused-ring (bicyclic) bond motifs is 1. The number of nitrogens with one attached hydrogen (secondary N) is 1. The molecule has 0 amide bonds. The summed E-state index contributed by atoms with van der Waals surface area (Å²) in [4.78, 5) is 19.7. The predicted octanol–water partition coefficient (Wildman–Crippen LogP) is 2.75. The fourth-order valence-electron chi connectivity index (χ4n) is 1.86. The molecule has 2 aromatic heterocycles. The molecule has 2 N–H and O–H groups in total. The van der Waals surface area contributed by atoms with Crippen molar-refractivity contribution in [1.29, 1.82) is 0 Å². The Morgan fingerprint density at radius 3 is 3.00 bits per heavy atom. The van der Waals surface area contributed by atoms with Gasteiger partial charge in [-0.05, 0) is 24.8 Å². The highest BCUT2D eigenvalue weighted by Crippen LogP contribution is 2.28. The Morgan fingerprint density at radius 1 is 1.56 bits per heavy atom.